The van der Waals surface area contributed by atoms with Gasteiger partial charge >= 0.3 is 0 Å². The standard InChI is InChI=1S/C17H24BrNO/c1-10(2)8-13-15(9-19-11(3)4)20-17-12(5)6-7-14(18)16(13)17/h6-7,10-11,19H,8-9H2,1-5H3. The number of furan rings is 1. The summed E-state index contributed by atoms with van der Waals surface area (Å²) in [6, 6.07) is 4.69. The second kappa shape index (κ2) is 6.31. The minimum atomic E-state index is 0.458. The van der Waals surface area contributed by atoms with Gasteiger partial charge in [0.2, 0.25) is 0 Å². The molecule has 3 heteroatoms. The van der Waals surface area contributed by atoms with Crippen LogP contribution in [-0.2, 0) is 13.0 Å². The SMILES string of the molecule is Cc1ccc(Br)c2c(CC(C)C)c(CNC(C)C)oc12. The number of rotatable bonds is 5. The third-order valence-corrected chi connectivity index (χ3v) is 4.11. The predicted octanol–water partition coefficient (Wildman–Crippen LogP) is 5.20. The largest absolute Gasteiger partial charge is 0.459 e. The lowest BCUT2D eigenvalue weighted by molar-refractivity contribution is 0.478. The molecule has 0 saturated carbocycles. The Bertz CT molecular complexity index is 599. The molecule has 0 amide bonds. The Morgan fingerprint density at radius 3 is 2.50 bits per heavy atom. The van der Waals surface area contributed by atoms with Crippen molar-refractivity contribution in [3.05, 3.63) is 33.5 Å². The van der Waals surface area contributed by atoms with Crippen molar-refractivity contribution in [3.63, 3.8) is 0 Å². The Morgan fingerprint density at radius 1 is 1.20 bits per heavy atom. The van der Waals surface area contributed by atoms with Crippen LogP contribution in [0.2, 0.25) is 0 Å². The molecule has 1 aromatic heterocycles. The molecule has 0 atom stereocenters. The summed E-state index contributed by atoms with van der Waals surface area (Å²) in [5.74, 6) is 1.69. The van der Waals surface area contributed by atoms with E-state index in [2.05, 4.69) is 68.0 Å². The van der Waals surface area contributed by atoms with Crippen molar-refractivity contribution in [3.8, 4) is 0 Å². The first-order chi connectivity index (χ1) is 9.40. The lowest BCUT2D eigenvalue weighted by Gasteiger charge is -2.09. The van der Waals surface area contributed by atoms with Crippen molar-refractivity contribution in [2.24, 2.45) is 5.92 Å². The summed E-state index contributed by atoms with van der Waals surface area (Å²) >= 11 is 3.68. The van der Waals surface area contributed by atoms with E-state index in [-0.39, 0.29) is 0 Å². The van der Waals surface area contributed by atoms with Gasteiger partial charge in [-0.2, -0.15) is 0 Å². The quantitative estimate of drug-likeness (QED) is 0.810. The van der Waals surface area contributed by atoms with Crippen LogP contribution in [0.15, 0.2) is 21.0 Å². The van der Waals surface area contributed by atoms with Crippen molar-refractivity contribution in [2.75, 3.05) is 0 Å². The van der Waals surface area contributed by atoms with Crippen LogP contribution < -0.4 is 5.32 Å². The zero-order valence-corrected chi connectivity index (χ0v) is 14.6. The molecule has 0 radical (unpaired) electrons. The smallest absolute Gasteiger partial charge is 0.138 e. The van der Waals surface area contributed by atoms with Gasteiger partial charge in [0, 0.05) is 21.5 Å². The van der Waals surface area contributed by atoms with Gasteiger partial charge in [-0.05, 0) is 30.9 Å². The van der Waals surface area contributed by atoms with E-state index in [0.29, 0.717) is 12.0 Å². The van der Waals surface area contributed by atoms with Crippen LogP contribution in [-0.4, -0.2) is 6.04 Å². The minimum absolute atomic E-state index is 0.458. The molecule has 0 saturated heterocycles. The van der Waals surface area contributed by atoms with Gasteiger partial charge < -0.3 is 9.73 Å². The zero-order chi connectivity index (χ0) is 14.9. The lowest BCUT2D eigenvalue weighted by Crippen LogP contribution is -2.22. The van der Waals surface area contributed by atoms with E-state index >= 15 is 0 Å². The molecule has 20 heavy (non-hydrogen) atoms. The molecular weight excluding hydrogens is 314 g/mol. The van der Waals surface area contributed by atoms with Crippen LogP contribution in [0.25, 0.3) is 11.0 Å². The molecule has 0 aliphatic rings. The van der Waals surface area contributed by atoms with Crippen molar-refractivity contribution >= 4 is 26.9 Å². The van der Waals surface area contributed by atoms with Crippen LogP contribution in [0.5, 0.6) is 0 Å². The first kappa shape index (κ1) is 15.6. The fourth-order valence-electron chi connectivity index (χ4n) is 2.46. The highest BCUT2D eigenvalue weighted by Crippen LogP contribution is 2.35. The van der Waals surface area contributed by atoms with Crippen LogP contribution >= 0.6 is 15.9 Å². The van der Waals surface area contributed by atoms with E-state index in [1.54, 1.807) is 0 Å². The lowest BCUT2D eigenvalue weighted by atomic mass is 9.99. The number of hydrogen-bond acceptors (Lipinski definition) is 2. The summed E-state index contributed by atoms with van der Waals surface area (Å²) in [5.41, 5.74) is 3.57. The number of fused-ring (bicyclic) bond motifs is 1. The highest BCUT2D eigenvalue weighted by Gasteiger charge is 2.18. The maximum Gasteiger partial charge on any atom is 0.138 e. The van der Waals surface area contributed by atoms with Crippen molar-refractivity contribution in [1.82, 2.24) is 5.32 Å². The molecule has 2 rings (SSSR count). The fraction of sp³-hybridized carbons (Fsp3) is 0.529. The van der Waals surface area contributed by atoms with Crippen LogP contribution in [0.1, 0.15) is 44.6 Å². The van der Waals surface area contributed by atoms with Gasteiger partial charge in [-0.15, -0.1) is 0 Å². The number of halogens is 1. The average Bonchev–Trinajstić information content (AvgIpc) is 2.71. The van der Waals surface area contributed by atoms with E-state index in [1.165, 1.54) is 16.5 Å². The van der Waals surface area contributed by atoms with E-state index in [9.17, 15) is 0 Å². The molecule has 1 N–H and O–H groups in total. The first-order valence-electron chi connectivity index (χ1n) is 7.32. The van der Waals surface area contributed by atoms with E-state index in [0.717, 1.165) is 28.8 Å². The third kappa shape index (κ3) is 3.26. The molecule has 0 aliphatic carbocycles. The van der Waals surface area contributed by atoms with Gasteiger partial charge in [0.05, 0.1) is 6.54 Å². The number of benzene rings is 1. The minimum Gasteiger partial charge on any atom is -0.459 e. The average molecular weight is 338 g/mol. The maximum absolute atomic E-state index is 6.17. The monoisotopic (exact) mass is 337 g/mol. The van der Waals surface area contributed by atoms with Crippen molar-refractivity contribution < 1.29 is 4.42 Å². The number of aryl methyl sites for hydroxylation is 1. The Labute approximate surface area is 130 Å². The Hall–Kier alpha value is -0.800. The van der Waals surface area contributed by atoms with Crippen LogP contribution in [0.4, 0.5) is 0 Å². The summed E-state index contributed by atoms with van der Waals surface area (Å²) in [6.45, 7) is 11.7. The molecule has 0 bridgehead atoms. The molecule has 0 spiro atoms. The van der Waals surface area contributed by atoms with Gasteiger partial charge in [0.25, 0.3) is 0 Å². The summed E-state index contributed by atoms with van der Waals surface area (Å²) in [6.07, 6.45) is 1.05. The molecular formula is C17H24BrNO. The first-order valence-corrected chi connectivity index (χ1v) is 8.12. The fourth-order valence-corrected chi connectivity index (χ4v) is 3.02. The Kier molecular flexibility index (Phi) is 4.92. The van der Waals surface area contributed by atoms with Gasteiger partial charge in [0.15, 0.2) is 0 Å². The highest BCUT2D eigenvalue weighted by molar-refractivity contribution is 9.10. The maximum atomic E-state index is 6.17. The molecule has 2 nitrogen and oxygen atoms in total. The third-order valence-electron chi connectivity index (χ3n) is 3.45. The van der Waals surface area contributed by atoms with Crippen LogP contribution in [0.3, 0.4) is 0 Å². The van der Waals surface area contributed by atoms with Gasteiger partial charge in [-0.1, -0.05) is 49.7 Å². The topological polar surface area (TPSA) is 25.2 Å². The van der Waals surface area contributed by atoms with E-state index < -0.39 is 0 Å². The molecule has 1 aromatic carbocycles. The molecule has 2 aromatic rings. The van der Waals surface area contributed by atoms with Crippen molar-refractivity contribution in [1.29, 1.82) is 0 Å². The van der Waals surface area contributed by atoms with Gasteiger partial charge in [0.1, 0.15) is 11.3 Å². The summed E-state index contributed by atoms with van der Waals surface area (Å²) in [4.78, 5) is 0. The molecule has 0 fully saturated rings. The number of hydrogen-bond donors (Lipinski definition) is 1. The highest BCUT2D eigenvalue weighted by atomic mass is 79.9. The van der Waals surface area contributed by atoms with E-state index in [1.807, 2.05) is 0 Å². The number of nitrogens with one attached hydrogen (secondary N) is 1. The van der Waals surface area contributed by atoms with Crippen LogP contribution in [0, 0.1) is 12.8 Å². The molecule has 0 unspecified atom stereocenters. The Morgan fingerprint density at radius 2 is 1.90 bits per heavy atom. The predicted molar refractivity (Wildman–Crippen MR) is 89.2 cm³/mol. The van der Waals surface area contributed by atoms with Crippen molar-refractivity contribution in [2.45, 2.75) is 53.6 Å². The summed E-state index contributed by atoms with van der Waals surface area (Å²) in [5, 5.41) is 4.72. The second-order valence-electron chi connectivity index (χ2n) is 6.21. The normalized spacial score (nSPS) is 12.0. The molecule has 0 aliphatic heterocycles. The van der Waals surface area contributed by atoms with Gasteiger partial charge in [-0.3, -0.25) is 0 Å². The summed E-state index contributed by atoms with van der Waals surface area (Å²) in [7, 11) is 0. The second-order valence-corrected chi connectivity index (χ2v) is 7.06. The summed E-state index contributed by atoms with van der Waals surface area (Å²) < 4.78 is 7.30. The molecule has 110 valence electrons. The zero-order valence-electron chi connectivity index (χ0n) is 13.0. The Balaban J connectivity index is 2.54. The van der Waals surface area contributed by atoms with E-state index in [4.69, 9.17) is 4.42 Å². The molecule has 1 heterocycles. The van der Waals surface area contributed by atoms with Gasteiger partial charge in [-0.25, -0.2) is 0 Å².